The summed E-state index contributed by atoms with van der Waals surface area (Å²) in [5.74, 6) is -0.709. The monoisotopic (exact) mass is 438 g/mol. The lowest BCUT2D eigenvalue weighted by molar-refractivity contribution is -0.131. The summed E-state index contributed by atoms with van der Waals surface area (Å²) in [7, 11) is 0. The molecule has 0 aliphatic heterocycles. The summed E-state index contributed by atoms with van der Waals surface area (Å²) >= 11 is 1.29. The number of rotatable bonds is 10. The van der Waals surface area contributed by atoms with Crippen LogP contribution in [0.3, 0.4) is 0 Å². The van der Waals surface area contributed by atoms with Crippen LogP contribution < -0.4 is 10.6 Å². The van der Waals surface area contributed by atoms with Gasteiger partial charge in [0.1, 0.15) is 17.7 Å². The Morgan fingerprint density at radius 1 is 1.03 bits per heavy atom. The van der Waals surface area contributed by atoms with Gasteiger partial charge in [-0.05, 0) is 11.5 Å². The van der Waals surface area contributed by atoms with Gasteiger partial charge in [0.25, 0.3) is 0 Å². The highest BCUT2D eigenvalue weighted by molar-refractivity contribution is 7.18. The molecule has 0 spiro atoms. The molecule has 0 saturated heterocycles. The Morgan fingerprint density at radius 3 is 2.39 bits per heavy atom. The number of carbonyl (C=O) groups excluding carboxylic acids is 2. The molecule has 0 fully saturated rings. The number of amides is 2. The molecule has 0 bridgehead atoms. The van der Waals surface area contributed by atoms with E-state index in [-0.39, 0.29) is 24.3 Å². The van der Waals surface area contributed by atoms with Crippen molar-refractivity contribution in [1.29, 1.82) is 0 Å². The van der Waals surface area contributed by atoms with Crippen molar-refractivity contribution in [3.05, 3.63) is 66.2 Å². The van der Waals surface area contributed by atoms with Gasteiger partial charge in [0.2, 0.25) is 16.9 Å². The summed E-state index contributed by atoms with van der Waals surface area (Å²) < 4.78 is 5.48. The summed E-state index contributed by atoms with van der Waals surface area (Å²) in [5.41, 5.74) is 1.92. The van der Waals surface area contributed by atoms with Crippen LogP contribution >= 0.6 is 11.3 Å². The molecule has 0 radical (unpaired) electrons. The van der Waals surface area contributed by atoms with Crippen LogP contribution in [-0.2, 0) is 20.9 Å². The number of carbonyl (C=O) groups is 2. The van der Waals surface area contributed by atoms with Gasteiger partial charge in [0.05, 0.1) is 6.61 Å². The van der Waals surface area contributed by atoms with Gasteiger partial charge in [-0.25, -0.2) is 0 Å². The topological polar surface area (TPSA) is 93.2 Å². The molecule has 2 N–H and O–H groups in total. The normalized spacial score (nSPS) is 12.7. The number of ether oxygens (including phenoxy) is 1. The average molecular weight is 439 g/mol. The minimum Gasteiger partial charge on any atom is -0.367 e. The fraction of sp³-hybridized carbons (Fsp3) is 0.304. The van der Waals surface area contributed by atoms with Gasteiger partial charge in [0, 0.05) is 5.56 Å². The van der Waals surface area contributed by atoms with Crippen LogP contribution in [0.4, 0.5) is 5.13 Å². The zero-order chi connectivity index (χ0) is 22.1. The predicted molar refractivity (Wildman–Crippen MR) is 121 cm³/mol. The van der Waals surface area contributed by atoms with Crippen molar-refractivity contribution >= 4 is 28.3 Å². The maximum Gasteiger partial charge on any atom is 0.249 e. The summed E-state index contributed by atoms with van der Waals surface area (Å²) in [6, 6.07) is 18.6. The van der Waals surface area contributed by atoms with Crippen LogP contribution in [0.25, 0.3) is 10.6 Å². The molecular formula is C23H26N4O3S. The highest BCUT2D eigenvalue weighted by atomic mass is 32.1. The van der Waals surface area contributed by atoms with Crippen molar-refractivity contribution in [2.24, 2.45) is 5.92 Å². The summed E-state index contributed by atoms with van der Waals surface area (Å²) in [6.07, 6.45) is 0.731. The van der Waals surface area contributed by atoms with Gasteiger partial charge in [-0.2, -0.15) is 0 Å². The molecule has 2 atom stereocenters. The van der Waals surface area contributed by atoms with Crippen molar-refractivity contribution in [1.82, 2.24) is 15.5 Å². The Bertz CT molecular complexity index is 979. The summed E-state index contributed by atoms with van der Waals surface area (Å²) in [5, 5.41) is 14.9. The molecule has 0 aliphatic carbocycles. The van der Waals surface area contributed by atoms with Gasteiger partial charge < -0.3 is 10.1 Å². The number of nitrogens with one attached hydrogen (secondary N) is 2. The smallest absolute Gasteiger partial charge is 0.249 e. The van der Waals surface area contributed by atoms with E-state index in [9.17, 15) is 9.59 Å². The standard InChI is InChI=1S/C23H26N4O3S/c1-3-16(2)20(24-19(28)15-30-14-17-10-6-4-7-11-17)21(29)25-23-27-26-22(31-23)18-12-8-5-9-13-18/h4-13,16,20H,3,14-15H2,1-2H3,(H,24,28)(H,25,27,29). The van der Waals surface area contributed by atoms with Crippen LogP contribution in [0, 0.1) is 5.92 Å². The molecule has 1 heterocycles. The van der Waals surface area contributed by atoms with Gasteiger partial charge in [-0.1, -0.05) is 92.3 Å². The molecule has 31 heavy (non-hydrogen) atoms. The van der Waals surface area contributed by atoms with Crippen LogP contribution in [0.5, 0.6) is 0 Å². The minimum atomic E-state index is -0.693. The van der Waals surface area contributed by atoms with Crippen LogP contribution in [0.15, 0.2) is 60.7 Å². The van der Waals surface area contributed by atoms with Crippen molar-refractivity contribution in [2.45, 2.75) is 32.9 Å². The quantitative estimate of drug-likeness (QED) is 0.501. The fourth-order valence-electron chi connectivity index (χ4n) is 2.91. The molecular weight excluding hydrogens is 412 g/mol. The van der Waals surface area contributed by atoms with E-state index in [0.29, 0.717) is 16.7 Å². The van der Waals surface area contributed by atoms with Crippen LogP contribution in [0.2, 0.25) is 0 Å². The molecule has 2 aromatic carbocycles. The minimum absolute atomic E-state index is 0.0559. The van der Waals surface area contributed by atoms with Gasteiger partial charge in [-0.15, -0.1) is 10.2 Å². The Balaban J connectivity index is 1.56. The first kappa shape index (κ1) is 22.6. The SMILES string of the molecule is CCC(C)C(NC(=O)COCc1ccccc1)C(=O)Nc1nnc(-c2ccccc2)s1. The molecule has 3 rings (SSSR count). The number of nitrogens with zero attached hydrogens (tertiary/aromatic N) is 2. The van der Waals surface area contributed by atoms with Gasteiger partial charge in [-0.3, -0.25) is 14.9 Å². The van der Waals surface area contributed by atoms with E-state index in [1.807, 2.05) is 74.5 Å². The van der Waals surface area contributed by atoms with E-state index >= 15 is 0 Å². The number of hydrogen-bond acceptors (Lipinski definition) is 6. The third kappa shape index (κ3) is 6.70. The number of anilines is 1. The molecule has 0 saturated carbocycles. The summed E-state index contributed by atoms with van der Waals surface area (Å²) in [6.45, 7) is 4.11. The van der Waals surface area contributed by atoms with E-state index in [0.717, 1.165) is 17.5 Å². The second-order valence-electron chi connectivity index (χ2n) is 7.18. The zero-order valence-corrected chi connectivity index (χ0v) is 18.4. The molecule has 3 aromatic rings. The second-order valence-corrected chi connectivity index (χ2v) is 8.15. The predicted octanol–water partition coefficient (Wildman–Crippen LogP) is 3.89. The Hall–Kier alpha value is -3.10. The van der Waals surface area contributed by atoms with Crippen molar-refractivity contribution < 1.29 is 14.3 Å². The van der Waals surface area contributed by atoms with E-state index in [4.69, 9.17) is 4.74 Å². The molecule has 162 valence electrons. The van der Waals surface area contributed by atoms with E-state index in [2.05, 4.69) is 20.8 Å². The second kappa shape index (κ2) is 11.3. The van der Waals surface area contributed by atoms with E-state index in [1.54, 1.807) is 0 Å². The zero-order valence-electron chi connectivity index (χ0n) is 17.6. The van der Waals surface area contributed by atoms with Gasteiger partial charge >= 0.3 is 0 Å². The fourth-order valence-corrected chi connectivity index (χ4v) is 3.66. The average Bonchev–Trinajstić information content (AvgIpc) is 3.26. The molecule has 2 unspecified atom stereocenters. The van der Waals surface area contributed by atoms with Gasteiger partial charge in [0.15, 0.2) is 0 Å². The molecule has 7 nitrogen and oxygen atoms in total. The first-order chi connectivity index (χ1) is 15.1. The Labute approximate surface area is 185 Å². The van der Waals surface area contributed by atoms with Crippen LogP contribution in [0.1, 0.15) is 25.8 Å². The van der Waals surface area contributed by atoms with Crippen LogP contribution in [-0.4, -0.2) is 34.7 Å². The number of hydrogen-bond donors (Lipinski definition) is 2. The highest BCUT2D eigenvalue weighted by Crippen LogP contribution is 2.26. The molecule has 0 aliphatic rings. The van der Waals surface area contributed by atoms with Crippen molar-refractivity contribution in [2.75, 3.05) is 11.9 Å². The maximum absolute atomic E-state index is 12.9. The lowest BCUT2D eigenvalue weighted by atomic mass is 9.98. The third-order valence-corrected chi connectivity index (χ3v) is 5.72. The number of aromatic nitrogens is 2. The van der Waals surface area contributed by atoms with Crippen molar-refractivity contribution in [3.63, 3.8) is 0 Å². The largest absolute Gasteiger partial charge is 0.367 e. The molecule has 1 aromatic heterocycles. The summed E-state index contributed by atoms with van der Waals surface area (Å²) in [4.78, 5) is 25.2. The maximum atomic E-state index is 12.9. The highest BCUT2D eigenvalue weighted by Gasteiger charge is 2.27. The van der Waals surface area contributed by atoms with E-state index < -0.39 is 6.04 Å². The first-order valence-electron chi connectivity index (χ1n) is 10.2. The first-order valence-corrected chi connectivity index (χ1v) is 11.0. The Morgan fingerprint density at radius 2 is 1.71 bits per heavy atom. The Kier molecular flexibility index (Phi) is 8.26. The molecule has 8 heteroatoms. The number of benzene rings is 2. The van der Waals surface area contributed by atoms with E-state index in [1.165, 1.54) is 11.3 Å². The lowest BCUT2D eigenvalue weighted by Crippen LogP contribution is -2.48. The van der Waals surface area contributed by atoms with Crippen molar-refractivity contribution in [3.8, 4) is 10.6 Å². The lowest BCUT2D eigenvalue weighted by Gasteiger charge is -2.22. The molecule has 2 amide bonds. The third-order valence-electron chi connectivity index (χ3n) is 4.83.